The molecule has 0 aromatic carbocycles. The molecule has 102 valence electrons. The third-order valence-corrected chi connectivity index (χ3v) is 4.28. The average Bonchev–Trinajstić information content (AvgIpc) is 3.10. The van der Waals surface area contributed by atoms with E-state index in [9.17, 15) is 0 Å². The van der Waals surface area contributed by atoms with E-state index in [4.69, 9.17) is 4.52 Å². The van der Waals surface area contributed by atoms with Crippen LogP contribution in [-0.4, -0.2) is 46.2 Å². The van der Waals surface area contributed by atoms with Crippen molar-refractivity contribution in [2.45, 2.75) is 19.4 Å². The molecule has 7 heteroatoms. The number of nitrogens with zero attached hydrogens (tertiary/aromatic N) is 4. The van der Waals surface area contributed by atoms with Crippen LogP contribution in [0.25, 0.3) is 10.8 Å². The standard InChI is InChI=1S/C12H17N5OS/c1-12(2,17-5-3-13-4-6-17)11-15-10(18-16-11)9-7-14-8-19-9/h7-8,13H,3-6H2,1-2H3. The highest BCUT2D eigenvalue weighted by Gasteiger charge is 2.34. The third kappa shape index (κ3) is 2.41. The van der Waals surface area contributed by atoms with Gasteiger partial charge in [-0.05, 0) is 13.8 Å². The lowest BCUT2D eigenvalue weighted by Gasteiger charge is -2.38. The highest BCUT2D eigenvalue weighted by molar-refractivity contribution is 7.13. The molecule has 2 aromatic rings. The highest BCUT2D eigenvalue weighted by atomic mass is 32.1. The summed E-state index contributed by atoms with van der Waals surface area (Å²) in [6, 6.07) is 0. The quantitative estimate of drug-likeness (QED) is 0.914. The molecule has 1 aliphatic rings. The van der Waals surface area contributed by atoms with E-state index < -0.39 is 0 Å². The van der Waals surface area contributed by atoms with Gasteiger partial charge in [-0.15, -0.1) is 11.3 Å². The van der Waals surface area contributed by atoms with E-state index in [-0.39, 0.29) is 5.54 Å². The van der Waals surface area contributed by atoms with Gasteiger partial charge in [0, 0.05) is 26.2 Å². The Bertz CT molecular complexity index is 530. The van der Waals surface area contributed by atoms with Crippen LogP contribution in [0.5, 0.6) is 0 Å². The van der Waals surface area contributed by atoms with Crippen molar-refractivity contribution in [2.75, 3.05) is 26.2 Å². The van der Waals surface area contributed by atoms with Crippen molar-refractivity contribution in [1.82, 2.24) is 25.3 Å². The monoisotopic (exact) mass is 279 g/mol. The molecule has 0 aliphatic carbocycles. The lowest BCUT2D eigenvalue weighted by atomic mass is 10.0. The molecular weight excluding hydrogens is 262 g/mol. The van der Waals surface area contributed by atoms with Gasteiger partial charge in [0.25, 0.3) is 5.89 Å². The first-order valence-corrected chi connectivity index (χ1v) is 7.25. The molecule has 1 fully saturated rings. The van der Waals surface area contributed by atoms with E-state index in [2.05, 4.69) is 39.2 Å². The van der Waals surface area contributed by atoms with Crippen molar-refractivity contribution < 1.29 is 4.52 Å². The number of hydrogen-bond donors (Lipinski definition) is 1. The lowest BCUT2D eigenvalue weighted by Crippen LogP contribution is -2.52. The van der Waals surface area contributed by atoms with Crippen LogP contribution >= 0.6 is 11.3 Å². The fraction of sp³-hybridized carbons (Fsp3) is 0.583. The van der Waals surface area contributed by atoms with Crippen LogP contribution in [0.15, 0.2) is 16.2 Å². The smallest absolute Gasteiger partial charge is 0.269 e. The van der Waals surface area contributed by atoms with E-state index in [1.54, 1.807) is 11.7 Å². The van der Waals surface area contributed by atoms with Crippen LogP contribution < -0.4 is 5.32 Å². The molecule has 3 heterocycles. The normalized spacial score (nSPS) is 17.8. The molecule has 1 aliphatic heterocycles. The summed E-state index contributed by atoms with van der Waals surface area (Å²) >= 11 is 1.50. The molecule has 0 amide bonds. The van der Waals surface area contributed by atoms with E-state index in [1.165, 1.54) is 11.3 Å². The first-order valence-electron chi connectivity index (χ1n) is 6.37. The second-order valence-corrected chi connectivity index (χ2v) is 5.97. The number of hydrogen-bond acceptors (Lipinski definition) is 7. The summed E-state index contributed by atoms with van der Waals surface area (Å²) in [5.74, 6) is 1.29. The van der Waals surface area contributed by atoms with Gasteiger partial charge in [0.15, 0.2) is 5.82 Å². The van der Waals surface area contributed by atoms with Gasteiger partial charge in [0.2, 0.25) is 0 Å². The van der Waals surface area contributed by atoms with Crippen molar-refractivity contribution in [3.63, 3.8) is 0 Å². The summed E-state index contributed by atoms with van der Waals surface area (Å²) in [4.78, 5) is 11.9. The molecule has 19 heavy (non-hydrogen) atoms. The molecule has 3 rings (SSSR count). The number of piperazine rings is 1. The maximum Gasteiger partial charge on any atom is 0.269 e. The zero-order valence-electron chi connectivity index (χ0n) is 11.1. The summed E-state index contributed by atoms with van der Waals surface area (Å²) < 4.78 is 5.35. The Morgan fingerprint density at radius 3 is 2.84 bits per heavy atom. The number of thiazole rings is 1. The molecule has 1 N–H and O–H groups in total. The third-order valence-electron chi connectivity index (χ3n) is 3.52. The highest BCUT2D eigenvalue weighted by Crippen LogP contribution is 2.28. The van der Waals surface area contributed by atoms with Crippen molar-refractivity contribution in [3.05, 3.63) is 17.5 Å². The molecule has 0 saturated carbocycles. The Morgan fingerprint density at radius 2 is 2.16 bits per heavy atom. The Hall–Kier alpha value is -1.31. The Morgan fingerprint density at radius 1 is 1.37 bits per heavy atom. The van der Waals surface area contributed by atoms with Gasteiger partial charge in [-0.2, -0.15) is 4.98 Å². The average molecular weight is 279 g/mol. The Kier molecular flexibility index (Phi) is 3.34. The maximum absolute atomic E-state index is 5.35. The van der Waals surface area contributed by atoms with Crippen molar-refractivity contribution in [2.24, 2.45) is 0 Å². The van der Waals surface area contributed by atoms with Crippen LogP contribution in [0.4, 0.5) is 0 Å². The molecule has 0 spiro atoms. The molecule has 1 saturated heterocycles. The van der Waals surface area contributed by atoms with E-state index in [0.717, 1.165) is 36.9 Å². The molecular formula is C12H17N5OS. The second-order valence-electron chi connectivity index (χ2n) is 5.08. The number of rotatable bonds is 3. The van der Waals surface area contributed by atoms with Crippen LogP contribution in [0, 0.1) is 0 Å². The first kappa shape index (κ1) is 12.7. The fourth-order valence-electron chi connectivity index (χ4n) is 2.26. The van der Waals surface area contributed by atoms with Crippen molar-refractivity contribution >= 4 is 11.3 Å². The van der Waals surface area contributed by atoms with E-state index >= 15 is 0 Å². The number of nitrogens with one attached hydrogen (secondary N) is 1. The Labute approximate surface area is 115 Å². The maximum atomic E-state index is 5.35. The molecule has 0 bridgehead atoms. The molecule has 6 nitrogen and oxygen atoms in total. The Balaban J connectivity index is 1.84. The summed E-state index contributed by atoms with van der Waals surface area (Å²) in [5, 5.41) is 7.50. The summed E-state index contributed by atoms with van der Waals surface area (Å²) in [7, 11) is 0. The van der Waals surface area contributed by atoms with E-state index in [1.807, 2.05) is 0 Å². The topological polar surface area (TPSA) is 67.1 Å². The summed E-state index contributed by atoms with van der Waals surface area (Å²) in [6.07, 6.45) is 1.75. The van der Waals surface area contributed by atoms with Crippen LogP contribution in [0.2, 0.25) is 0 Å². The minimum Gasteiger partial charge on any atom is -0.333 e. The predicted molar refractivity (Wildman–Crippen MR) is 72.9 cm³/mol. The van der Waals surface area contributed by atoms with Crippen LogP contribution in [0.1, 0.15) is 19.7 Å². The zero-order valence-corrected chi connectivity index (χ0v) is 11.9. The number of aromatic nitrogens is 3. The van der Waals surface area contributed by atoms with Gasteiger partial charge in [-0.1, -0.05) is 5.16 Å². The van der Waals surface area contributed by atoms with Gasteiger partial charge in [0.05, 0.1) is 17.2 Å². The van der Waals surface area contributed by atoms with Gasteiger partial charge >= 0.3 is 0 Å². The molecule has 2 aromatic heterocycles. The van der Waals surface area contributed by atoms with Gasteiger partial charge < -0.3 is 9.84 Å². The van der Waals surface area contributed by atoms with Gasteiger partial charge in [-0.25, -0.2) is 0 Å². The van der Waals surface area contributed by atoms with Gasteiger partial charge in [0.1, 0.15) is 4.88 Å². The largest absolute Gasteiger partial charge is 0.333 e. The van der Waals surface area contributed by atoms with Gasteiger partial charge in [-0.3, -0.25) is 9.88 Å². The van der Waals surface area contributed by atoms with Crippen LogP contribution in [0.3, 0.4) is 0 Å². The minimum absolute atomic E-state index is 0.214. The lowest BCUT2D eigenvalue weighted by molar-refractivity contribution is 0.0925. The SMILES string of the molecule is CC(C)(c1noc(-c2cncs2)n1)N1CCNCC1. The zero-order chi connectivity index (χ0) is 13.3. The predicted octanol–water partition coefficient (Wildman–Crippen LogP) is 1.33. The molecule has 0 unspecified atom stereocenters. The molecule has 0 radical (unpaired) electrons. The van der Waals surface area contributed by atoms with Crippen LogP contribution in [-0.2, 0) is 5.54 Å². The van der Waals surface area contributed by atoms with Crippen molar-refractivity contribution in [3.8, 4) is 10.8 Å². The molecule has 0 atom stereocenters. The first-order chi connectivity index (χ1) is 9.18. The summed E-state index contributed by atoms with van der Waals surface area (Å²) in [5.41, 5.74) is 1.55. The van der Waals surface area contributed by atoms with Crippen molar-refractivity contribution in [1.29, 1.82) is 0 Å². The minimum atomic E-state index is -0.214. The van der Waals surface area contributed by atoms with E-state index in [0.29, 0.717) is 5.89 Å². The fourth-order valence-corrected chi connectivity index (χ4v) is 2.80. The second kappa shape index (κ2) is 4.99. The summed E-state index contributed by atoms with van der Waals surface area (Å²) in [6.45, 7) is 8.28.